The molecular weight excluding hydrogens is 311 g/mol. The van der Waals surface area contributed by atoms with Gasteiger partial charge in [-0.05, 0) is 41.7 Å². The molecule has 0 fully saturated rings. The Bertz CT molecular complexity index is 624. The minimum absolute atomic E-state index is 0.149. The molecular formula is C14H18ClFN4S. The first-order chi connectivity index (χ1) is 9.82. The standard InChI is InChI=1S/C14H18ClFN4S/c1-14(2,3)13-12(21-20-19-13)11(18-17)7-8-6-9(15)4-5-10(8)16/h4-6,11,18H,7,17H2,1-3H3. The van der Waals surface area contributed by atoms with Gasteiger partial charge < -0.3 is 0 Å². The van der Waals surface area contributed by atoms with Crippen LogP contribution >= 0.6 is 23.1 Å². The molecule has 1 atom stereocenters. The van der Waals surface area contributed by atoms with Crippen LogP contribution < -0.4 is 11.3 Å². The zero-order valence-corrected chi connectivity index (χ0v) is 13.7. The molecule has 1 heterocycles. The molecule has 0 aliphatic heterocycles. The molecule has 114 valence electrons. The zero-order chi connectivity index (χ0) is 15.6. The lowest BCUT2D eigenvalue weighted by atomic mass is 9.89. The summed E-state index contributed by atoms with van der Waals surface area (Å²) in [4.78, 5) is 0.921. The van der Waals surface area contributed by atoms with Crippen LogP contribution in [0, 0.1) is 5.82 Å². The van der Waals surface area contributed by atoms with E-state index in [1.54, 1.807) is 6.07 Å². The molecule has 3 N–H and O–H groups in total. The van der Waals surface area contributed by atoms with Crippen LogP contribution in [-0.2, 0) is 11.8 Å². The summed E-state index contributed by atoms with van der Waals surface area (Å²) in [5.74, 6) is 5.36. The van der Waals surface area contributed by atoms with Crippen LogP contribution in [-0.4, -0.2) is 9.59 Å². The molecule has 4 nitrogen and oxygen atoms in total. The van der Waals surface area contributed by atoms with Crippen LogP contribution in [0.15, 0.2) is 18.2 Å². The third-order valence-electron chi connectivity index (χ3n) is 3.17. The third-order valence-corrected chi connectivity index (χ3v) is 4.25. The number of nitrogens with two attached hydrogens (primary N) is 1. The molecule has 1 aromatic carbocycles. The van der Waals surface area contributed by atoms with E-state index in [1.807, 2.05) is 0 Å². The molecule has 0 amide bonds. The smallest absolute Gasteiger partial charge is 0.126 e. The Morgan fingerprint density at radius 1 is 1.43 bits per heavy atom. The third kappa shape index (κ3) is 3.77. The lowest BCUT2D eigenvalue weighted by molar-refractivity contribution is 0.505. The lowest BCUT2D eigenvalue weighted by Gasteiger charge is -2.21. The molecule has 1 unspecified atom stereocenters. The number of nitrogens with zero attached hydrogens (tertiary/aromatic N) is 2. The van der Waals surface area contributed by atoms with E-state index >= 15 is 0 Å². The fourth-order valence-corrected chi connectivity index (χ4v) is 3.21. The number of nitrogens with one attached hydrogen (secondary N) is 1. The van der Waals surface area contributed by atoms with E-state index < -0.39 is 0 Å². The summed E-state index contributed by atoms with van der Waals surface area (Å²) in [6.45, 7) is 6.17. The van der Waals surface area contributed by atoms with Gasteiger partial charge in [0.15, 0.2) is 0 Å². The Morgan fingerprint density at radius 3 is 2.76 bits per heavy atom. The number of rotatable bonds is 4. The molecule has 0 aliphatic rings. The second-order valence-corrected chi connectivity index (χ2v) is 7.12. The number of halogens is 2. The van der Waals surface area contributed by atoms with Gasteiger partial charge in [-0.15, -0.1) is 5.10 Å². The van der Waals surface area contributed by atoms with Gasteiger partial charge in [0.2, 0.25) is 0 Å². The molecule has 0 saturated carbocycles. The van der Waals surface area contributed by atoms with Crippen molar-refractivity contribution in [1.29, 1.82) is 0 Å². The van der Waals surface area contributed by atoms with Crippen LogP contribution in [0.2, 0.25) is 5.02 Å². The SMILES string of the molecule is CC(C)(C)c1nnsc1C(Cc1cc(Cl)ccc1F)NN. The molecule has 0 spiro atoms. The van der Waals surface area contributed by atoms with Gasteiger partial charge in [-0.3, -0.25) is 11.3 Å². The molecule has 0 bridgehead atoms. The highest BCUT2D eigenvalue weighted by molar-refractivity contribution is 7.05. The van der Waals surface area contributed by atoms with Gasteiger partial charge in [-0.2, -0.15) is 0 Å². The highest BCUT2D eigenvalue weighted by Crippen LogP contribution is 2.32. The Hall–Kier alpha value is -1.08. The molecule has 0 radical (unpaired) electrons. The van der Waals surface area contributed by atoms with Crippen LogP contribution in [0.4, 0.5) is 4.39 Å². The first-order valence-corrected chi connectivity index (χ1v) is 7.71. The van der Waals surface area contributed by atoms with E-state index in [4.69, 9.17) is 17.4 Å². The van der Waals surface area contributed by atoms with Gasteiger partial charge in [0.05, 0.1) is 16.6 Å². The van der Waals surface area contributed by atoms with Crippen molar-refractivity contribution in [2.75, 3.05) is 0 Å². The van der Waals surface area contributed by atoms with Crippen molar-refractivity contribution in [2.45, 2.75) is 38.6 Å². The van der Waals surface area contributed by atoms with Crippen molar-refractivity contribution >= 4 is 23.1 Å². The fraction of sp³-hybridized carbons (Fsp3) is 0.429. The summed E-state index contributed by atoms with van der Waals surface area (Å²) in [5.41, 5.74) is 3.97. The number of hydrogen-bond acceptors (Lipinski definition) is 5. The maximum Gasteiger partial charge on any atom is 0.126 e. The number of aromatic nitrogens is 2. The van der Waals surface area contributed by atoms with Crippen molar-refractivity contribution in [3.8, 4) is 0 Å². The van der Waals surface area contributed by atoms with Crippen LogP contribution in [0.5, 0.6) is 0 Å². The highest BCUT2D eigenvalue weighted by atomic mass is 35.5. The number of benzene rings is 1. The predicted octanol–water partition coefficient (Wildman–Crippen LogP) is 3.38. The van der Waals surface area contributed by atoms with Gasteiger partial charge in [0.25, 0.3) is 0 Å². The molecule has 2 rings (SSSR count). The van der Waals surface area contributed by atoms with Crippen LogP contribution in [0.3, 0.4) is 0 Å². The summed E-state index contributed by atoms with van der Waals surface area (Å²) in [6.07, 6.45) is 0.385. The van der Waals surface area contributed by atoms with Crippen LogP contribution in [0.25, 0.3) is 0 Å². The zero-order valence-electron chi connectivity index (χ0n) is 12.2. The monoisotopic (exact) mass is 328 g/mol. The lowest BCUT2D eigenvalue weighted by Crippen LogP contribution is -2.31. The first-order valence-electron chi connectivity index (χ1n) is 6.55. The largest absolute Gasteiger partial charge is 0.271 e. The van der Waals surface area contributed by atoms with Gasteiger partial charge >= 0.3 is 0 Å². The summed E-state index contributed by atoms with van der Waals surface area (Å²) in [6, 6.07) is 4.25. The minimum Gasteiger partial charge on any atom is -0.271 e. The Labute approximate surface area is 132 Å². The van der Waals surface area contributed by atoms with Crippen LogP contribution in [0.1, 0.15) is 42.9 Å². The average Bonchev–Trinajstić information content (AvgIpc) is 2.89. The van der Waals surface area contributed by atoms with E-state index in [1.165, 1.54) is 23.7 Å². The van der Waals surface area contributed by atoms with Crippen molar-refractivity contribution in [1.82, 2.24) is 15.0 Å². The van der Waals surface area contributed by atoms with Gasteiger partial charge in [0, 0.05) is 10.4 Å². The molecule has 2 aromatic rings. The molecule has 21 heavy (non-hydrogen) atoms. The molecule has 7 heteroatoms. The minimum atomic E-state index is -0.297. The number of hydrogen-bond donors (Lipinski definition) is 2. The van der Waals surface area contributed by atoms with E-state index in [0.29, 0.717) is 17.0 Å². The van der Waals surface area contributed by atoms with Crippen molar-refractivity contribution in [3.05, 3.63) is 45.2 Å². The summed E-state index contributed by atoms with van der Waals surface area (Å²) in [7, 11) is 0. The van der Waals surface area contributed by atoms with Crippen molar-refractivity contribution < 1.29 is 4.39 Å². The molecule has 1 aromatic heterocycles. The topological polar surface area (TPSA) is 63.8 Å². The van der Waals surface area contributed by atoms with Gasteiger partial charge in [-0.25, -0.2) is 4.39 Å². The van der Waals surface area contributed by atoms with E-state index in [9.17, 15) is 4.39 Å². The Balaban J connectivity index is 2.33. The predicted molar refractivity (Wildman–Crippen MR) is 83.8 cm³/mol. The van der Waals surface area contributed by atoms with Crippen molar-refractivity contribution in [2.24, 2.45) is 5.84 Å². The Kier molecular flexibility index (Phi) is 4.93. The van der Waals surface area contributed by atoms with Gasteiger partial charge in [-0.1, -0.05) is 36.9 Å². The van der Waals surface area contributed by atoms with Gasteiger partial charge in [0.1, 0.15) is 5.82 Å². The molecule has 0 aliphatic carbocycles. The second kappa shape index (κ2) is 6.36. The summed E-state index contributed by atoms with van der Waals surface area (Å²) >= 11 is 7.21. The maximum atomic E-state index is 13.9. The van der Waals surface area contributed by atoms with E-state index in [0.717, 1.165) is 10.6 Å². The molecule has 0 saturated heterocycles. The van der Waals surface area contributed by atoms with E-state index in [2.05, 4.69) is 35.8 Å². The second-order valence-electron chi connectivity index (χ2n) is 5.89. The maximum absolute atomic E-state index is 13.9. The summed E-state index contributed by atoms with van der Waals surface area (Å²) in [5, 5.41) is 4.69. The van der Waals surface area contributed by atoms with Crippen molar-refractivity contribution in [3.63, 3.8) is 0 Å². The Morgan fingerprint density at radius 2 is 2.14 bits per heavy atom. The first kappa shape index (κ1) is 16.3. The average molecular weight is 329 g/mol. The van der Waals surface area contributed by atoms with E-state index in [-0.39, 0.29) is 17.3 Å². The number of hydrazine groups is 1. The normalized spacial score (nSPS) is 13.4. The summed E-state index contributed by atoms with van der Waals surface area (Å²) < 4.78 is 17.9. The quantitative estimate of drug-likeness (QED) is 0.667. The highest BCUT2D eigenvalue weighted by Gasteiger charge is 2.27. The fourth-order valence-electron chi connectivity index (χ4n) is 2.09.